The largest absolute Gasteiger partial charge is 0.399 e. The molecule has 2 aromatic carbocycles. The average molecular weight is 303 g/mol. The number of hydrogen-bond acceptors (Lipinski definition) is 2. The second-order valence-corrected chi connectivity index (χ2v) is 5.69. The van der Waals surface area contributed by atoms with Crippen molar-refractivity contribution in [3.05, 3.63) is 58.6 Å². The normalized spacial score (nSPS) is 12.0. The lowest BCUT2D eigenvalue weighted by Crippen LogP contribution is -2.14. The Hall–Kier alpha value is -2.00. The number of aryl methyl sites for hydroxylation is 1. The van der Waals surface area contributed by atoms with Gasteiger partial charge in [-0.25, -0.2) is 0 Å². The molecule has 0 bridgehead atoms. The number of nitrogens with two attached hydrogens (primary N) is 1. The third-order valence-electron chi connectivity index (χ3n) is 3.43. The van der Waals surface area contributed by atoms with Crippen LogP contribution < -0.4 is 11.1 Å². The molecule has 0 saturated carbocycles. The fourth-order valence-corrected chi connectivity index (χ4v) is 2.32. The number of nitrogen functional groups attached to an aromatic ring is 1. The van der Waals surface area contributed by atoms with E-state index in [1.54, 1.807) is 6.07 Å². The van der Waals surface area contributed by atoms with E-state index in [-0.39, 0.29) is 11.8 Å². The van der Waals surface area contributed by atoms with Crippen LogP contribution in [0.15, 0.2) is 42.5 Å². The number of carbonyl (C=O) groups is 1. The summed E-state index contributed by atoms with van der Waals surface area (Å²) in [5, 5.41) is 3.52. The molecule has 0 aliphatic rings. The Morgan fingerprint density at radius 1 is 1.29 bits per heavy atom. The number of benzene rings is 2. The van der Waals surface area contributed by atoms with Gasteiger partial charge in [-0.3, -0.25) is 4.79 Å². The molecule has 0 aliphatic heterocycles. The molecule has 0 aliphatic carbocycles. The zero-order valence-electron chi connectivity index (χ0n) is 12.2. The van der Waals surface area contributed by atoms with E-state index in [9.17, 15) is 4.79 Å². The van der Waals surface area contributed by atoms with E-state index >= 15 is 0 Å². The molecule has 3 N–H and O–H groups in total. The van der Waals surface area contributed by atoms with Crippen molar-refractivity contribution in [2.45, 2.75) is 26.2 Å². The average Bonchev–Trinajstić information content (AvgIpc) is 2.43. The topological polar surface area (TPSA) is 55.1 Å². The predicted octanol–water partition coefficient (Wildman–Crippen LogP) is 4.36. The molecule has 1 amide bonds. The van der Waals surface area contributed by atoms with Gasteiger partial charge in [-0.15, -0.1) is 0 Å². The summed E-state index contributed by atoms with van der Waals surface area (Å²) < 4.78 is 0. The SMILES string of the molecule is Cc1ccc(NC(=O)CC(C)c2cccc(N)c2)cc1Cl. The van der Waals surface area contributed by atoms with Crippen molar-refractivity contribution in [3.63, 3.8) is 0 Å². The third kappa shape index (κ3) is 4.23. The number of rotatable bonds is 4. The smallest absolute Gasteiger partial charge is 0.224 e. The van der Waals surface area contributed by atoms with Crippen molar-refractivity contribution >= 4 is 28.9 Å². The van der Waals surface area contributed by atoms with Gasteiger partial charge >= 0.3 is 0 Å². The predicted molar refractivity (Wildman–Crippen MR) is 88.7 cm³/mol. The molecule has 21 heavy (non-hydrogen) atoms. The summed E-state index contributed by atoms with van der Waals surface area (Å²) in [6, 6.07) is 13.1. The van der Waals surface area contributed by atoms with Crippen molar-refractivity contribution in [3.8, 4) is 0 Å². The maximum absolute atomic E-state index is 12.1. The van der Waals surface area contributed by atoms with Gasteiger partial charge in [-0.1, -0.05) is 36.7 Å². The maximum Gasteiger partial charge on any atom is 0.224 e. The minimum Gasteiger partial charge on any atom is -0.399 e. The van der Waals surface area contributed by atoms with Gasteiger partial charge < -0.3 is 11.1 Å². The molecule has 4 heteroatoms. The summed E-state index contributed by atoms with van der Waals surface area (Å²) >= 11 is 6.05. The Morgan fingerprint density at radius 3 is 2.71 bits per heavy atom. The van der Waals surface area contributed by atoms with Crippen molar-refractivity contribution in [2.24, 2.45) is 0 Å². The van der Waals surface area contributed by atoms with Gasteiger partial charge in [0.1, 0.15) is 0 Å². The number of halogens is 1. The minimum atomic E-state index is -0.0372. The Balaban J connectivity index is 1.99. The highest BCUT2D eigenvalue weighted by Crippen LogP contribution is 2.23. The zero-order chi connectivity index (χ0) is 15.4. The summed E-state index contributed by atoms with van der Waals surface area (Å²) in [5.41, 5.74) is 9.25. The number of anilines is 2. The lowest BCUT2D eigenvalue weighted by atomic mass is 9.97. The first-order valence-corrected chi connectivity index (χ1v) is 7.25. The van der Waals surface area contributed by atoms with Gasteiger partial charge in [0, 0.05) is 22.8 Å². The molecule has 0 heterocycles. The van der Waals surface area contributed by atoms with Crippen LogP contribution in [0.5, 0.6) is 0 Å². The van der Waals surface area contributed by atoms with Crippen LogP contribution in [-0.2, 0) is 4.79 Å². The van der Waals surface area contributed by atoms with Crippen LogP contribution in [-0.4, -0.2) is 5.91 Å². The highest BCUT2D eigenvalue weighted by Gasteiger charge is 2.12. The second-order valence-electron chi connectivity index (χ2n) is 5.29. The molecular formula is C17H19ClN2O. The van der Waals surface area contributed by atoms with Crippen LogP contribution >= 0.6 is 11.6 Å². The zero-order valence-corrected chi connectivity index (χ0v) is 12.9. The number of hydrogen-bond donors (Lipinski definition) is 2. The Kier molecular flexibility index (Phi) is 4.86. The van der Waals surface area contributed by atoms with Gasteiger partial charge in [0.05, 0.1) is 0 Å². The number of carbonyl (C=O) groups excluding carboxylic acids is 1. The molecule has 0 fully saturated rings. The van der Waals surface area contributed by atoms with Gasteiger partial charge in [0.15, 0.2) is 0 Å². The summed E-state index contributed by atoms with van der Waals surface area (Å²) in [5.74, 6) is 0.0688. The lowest BCUT2D eigenvalue weighted by Gasteiger charge is -2.13. The quantitative estimate of drug-likeness (QED) is 0.824. The van der Waals surface area contributed by atoms with Crippen molar-refractivity contribution < 1.29 is 4.79 Å². The molecule has 0 saturated heterocycles. The van der Waals surface area contributed by atoms with Crippen LogP contribution in [0.2, 0.25) is 5.02 Å². The molecule has 1 unspecified atom stereocenters. The first kappa shape index (κ1) is 15.4. The van der Waals surface area contributed by atoms with Crippen LogP contribution in [0.1, 0.15) is 30.4 Å². The highest BCUT2D eigenvalue weighted by molar-refractivity contribution is 6.31. The molecule has 0 radical (unpaired) electrons. The number of amides is 1. The minimum absolute atomic E-state index is 0.0372. The van der Waals surface area contributed by atoms with Crippen molar-refractivity contribution in [1.82, 2.24) is 0 Å². The second kappa shape index (κ2) is 6.64. The van der Waals surface area contributed by atoms with E-state index in [4.69, 9.17) is 17.3 Å². The third-order valence-corrected chi connectivity index (χ3v) is 3.83. The number of nitrogens with one attached hydrogen (secondary N) is 1. The van der Waals surface area contributed by atoms with E-state index in [2.05, 4.69) is 5.32 Å². The van der Waals surface area contributed by atoms with Gasteiger partial charge in [0.2, 0.25) is 5.91 Å². The molecule has 2 rings (SSSR count). The van der Waals surface area contributed by atoms with E-state index in [1.807, 2.05) is 50.2 Å². The van der Waals surface area contributed by atoms with Gasteiger partial charge in [-0.2, -0.15) is 0 Å². The van der Waals surface area contributed by atoms with E-state index in [0.29, 0.717) is 17.1 Å². The fraction of sp³-hybridized carbons (Fsp3) is 0.235. The molecule has 1 atom stereocenters. The van der Waals surface area contributed by atoms with Gasteiger partial charge in [0.25, 0.3) is 0 Å². The van der Waals surface area contributed by atoms with E-state index in [1.165, 1.54) is 0 Å². The van der Waals surface area contributed by atoms with Crippen LogP contribution in [0.4, 0.5) is 11.4 Å². The molecule has 3 nitrogen and oxygen atoms in total. The van der Waals surface area contributed by atoms with Crippen molar-refractivity contribution in [1.29, 1.82) is 0 Å². The molecular weight excluding hydrogens is 284 g/mol. The van der Waals surface area contributed by atoms with Crippen LogP contribution in [0.25, 0.3) is 0 Å². The summed E-state index contributed by atoms with van der Waals surface area (Å²) in [4.78, 5) is 12.1. The Bertz CT molecular complexity index is 655. The first-order valence-electron chi connectivity index (χ1n) is 6.87. The summed E-state index contributed by atoms with van der Waals surface area (Å²) in [7, 11) is 0. The Labute approximate surface area is 130 Å². The molecule has 0 spiro atoms. The summed E-state index contributed by atoms with van der Waals surface area (Å²) in [6.07, 6.45) is 0.398. The Morgan fingerprint density at radius 2 is 2.05 bits per heavy atom. The standard InChI is InChI=1S/C17H19ClN2O/c1-11-6-7-15(10-16(11)18)20-17(21)8-12(2)13-4-3-5-14(19)9-13/h3-7,9-10,12H,8,19H2,1-2H3,(H,20,21). The van der Waals surface area contributed by atoms with Crippen LogP contribution in [0, 0.1) is 6.92 Å². The lowest BCUT2D eigenvalue weighted by molar-refractivity contribution is -0.116. The van der Waals surface area contributed by atoms with E-state index in [0.717, 1.165) is 16.8 Å². The fourth-order valence-electron chi connectivity index (χ4n) is 2.14. The monoisotopic (exact) mass is 302 g/mol. The highest BCUT2D eigenvalue weighted by atomic mass is 35.5. The molecule has 110 valence electrons. The maximum atomic E-state index is 12.1. The molecule has 0 aromatic heterocycles. The first-order chi connectivity index (χ1) is 9.95. The van der Waals surface area contributed by atoms with Crippen LogP contribution in [0.3, 0.4) is 0 Å². The molecule has 2 aromatic rings. The van der Waals surface area contributed by atoms with Gasteiger partial charge in [-0.05, 0) is 48.2 Å². The summed E-state index contributed by atoms with van der Waals surface area (Å²) in [6.45, 7) is 3.94. The van der Waals surface area contributed by atoms with E-state index < -0.39 is 0 Å². The van der Waals surface area contributed by atoms with Crippen molar-refractivity contribution in [2.75, 3.05) is 11.1 Å².